The van der Waals surface area contributed by atoms with Gasteiger partial charge in [0, 0.05) is 29.0 Å². The average molecular weight is 648 g/mol. The molecule has 0 unspecified atom stereocenters. The molecule has 250 valence electrons. The number of aliphatic hydroxyl groups excluding tert-OH is 1. The molecule has 0 aliphatic carbocycles. The Kier molecular flexibility index (Phi) is 10.4. The molecular formula is C40H45N3O5. The number of hydrogen-bond donors (Lipinski definition) is 5. The largest absolute Gasteiger partial charge is 0.508 e. The fourth-order valence-corrected chi connectivity index (χ4v) is 6.94. The number of likely N-dealkylation sites (tertiary alicyclic amines) is 1. The lowest BCUT2D eigenvalue weighted by Gasteiger charge is -2.42. The molecule has 4 aromatic carbocycles. The van der Waals surface area contributed by atoms with Crippen molar-refractivity contribution < 1.29 is 20.1 Å². The first kappa shape index (κ1) is 33.3. The second kappa shape index (κ2) is 15.1. The molecule has 5 N–H and O–H groups in total. The molecule has 2 heterocycles. The van der Waals surface area contributed by atoms with E-state index in [4.69, 9.17) is 4.74 Å². The first-order valence-electron chi connectivity index (χ1n) is 16.8. The van der Waals surface area contributed by atoms with E-state index in [2.05, 4.69) is 70.8 Å². The van der Waals surface area contributed by atoms with Gasteiger partial charge in [-0.05, 0) is 111 Å². The van der Waals surface area contributed by atoms with Crippen LogP contribution in [0.25, 0.3) is 10.9 Å². The van der Waals surface area contributed by atoms with Crippen molar-refractivity contribution in [1.82, 2.24) is 15.2 Å². The second-order valence-corrected chi connectivity index (χ2v) is 13.0. The number of aliphatic hydroxyl groups is 1. The SMILES string of the molecule is CN1CCC(c2ccccc2)(c2cc(CCCOc3ccc(CCNC[C@H](O)c4ccc(O)c5[nH]c(=O)ccc45)cc3)ccc2O)CC1. The van der Waals surface area contributed by atoms with Crippen LogP contribution >= 0.6 is 0 Å². The van der Waals surface area contributed by atoms with Crippen molar-refractivity contribution in [3.63, 3.8) is 0 Å². The molecule has 5 aromatic rings. The minimum absolute atomic E-state index is 0.0228. The number of hydrogen-bond acceptors (Lipinski definition) is 7. The summed E-state index contributed by atoms with van der Waals surface area (Å²) in [6.45, 7) is 3.61. The molecule has 0 radical (unpaired) electrons. The van der Waals surface area contributed by atoms with Gasteiger partial charge in [0.25, 0.3) is 0 Å². The van der Waals surface area contributed by atoms with E-state index in [0.29, 0.717) is 41.9 Å². The number of aryl methyl sites for hydroxylation is 1. The Balaban J connectivity index is 0.973. The Hall–Kier alpha value is -4.63. The van der Waals surface area contributed by atoms with Crippen LogP contribution in [0.1, 0.15) is 53.2 Å². The summed E-state index contributed by atoms with van der Waals surface area (Å²) in [7, 11) is 2.17. The summed E-state index contributed by atoms with van der Waals surface area (Å²) < 4.78 is 6.07. The molecular weight excluding hydrogens is 602 g/mol. The lowest BCUT2D eigenvalue weighted by molar-refractivity contribution is 0.176. The third-order valence-corrected chi connectivity index (χ3v) is 9.74. The van der Waals surface area contributed by atoms with Crippen molar-refractivity contribution >= 4 is 10.9 Å². The van der Waals surface area contributed by atoms with E-state index in [0.717, 1.165) is 62.1 Å². The molecule has 8 nitrogen and oxygen atoms in total. The summed E-state index contributed by atoms with van der Waals surface area (Å²) in [4.78, 5) is 16.7. The monoisotopic (exact) mass is 647 g/mol. The number of phenols is 2. The lowest BCUT2D eigenvalue weighted by atomic mass is 9.67. The number of nitrogens with zero attached hydrogens (tertiary/aromatic N) is 1. The van der Waals surface area contributed by atoms with Crippen LogP contribution in [0.2, 0.25) is 0 Å². The number of aromatic amines is 1. The maximum absolute atomic E-state index is 11.7. The van der Waals surface area contributed by atoms with E-state index in [-0.39, 0.29) is 16.7 Å². The number of H-pyrrole nitrogens is 1. The number of benzene rings is 4. The predicted molar refractivity (Wildman–Crippen MR) is 190 cm³/mol. The highest BCUT2D eigenvalue weighted by Gasteiger charge is 2.39. The van der Waals surface area contributed by atoms with Crippen LogP contribution in [0.4, 0.5) is 0 Å². The van der Waals surface area contributed by atoms with Crippen molar-refractivity contribution in [2.45, 2.75) is 43.6 Å². The molecule has 0 amide bonds. The number of aromatic hydroxyl groups is 2. The number of phenolic OH excluding ortho intramolecular Hbond substituents is 2. The summed E-state index contributed by atoms with van der Waals surface area (Å²) in [5, 5.41) is 35.8. The molecule has 0 saturated carbocycles. The van der Waals surface area contributed by atoms with E-state index in [1.165, 1.54) is 23.3 Å². The van der Waals surface area contributed by atoms with Gasteiger partial charge in [-0.25, -0.2) is 0 Å². The molecule has 1 aromatic heterocycles. The Morgan fingerprint density at radius 1 is 0.875 bits per heavy atom. The third-order valence-electron chi connectivity index (χ3n) is 9.74. The normalized spacial score (nSPS) is 15.4. The molecule has 1 aliphatic heterocycles. The number of nitrogens with one attached hydrogen (secondary N) is 2. The minimum atomic E-state index is -0.790. The number of pyridine rings is 1. The van der Waals surface area contributed by atoms with E-state index >= 15 is 0 Å². The van der Waals surface area contributed by atoms with Crippen molar-refractivity contribution in [2.75, 3.05) is 39.8 Å². The highest BCUT2D eigenvalue weighted by Crippen LogP contribution is 2.45. The fraction of sp³-hybridized carbons (Fsp3) is 0.325. The molecule has 1 atom stereocenters. The molecule has 1 saturated heterocycles. The number of ether oxygens (including phenoxy) is 1. The van der Waals surface area contributed by atoms with Gasteiger partial charge in [0.2, 0.25) is 5.56 Å². The highest BCUT2D eigenvalue weighted by atomic mass is 16.5. The molecule has 0 bridgehead atoms. The Morgan fingerprint density at radius 3 is 2.38 bits per heavy atom. The first-order valence-corrected chi connectivity index (χ1v) is 16.8. The molecule has 1 aliphatic rings. The summed E-state index contributed by atoms with van der Waals surface area (Å²) in [6, 6.07) is 31.0. The summed E-state index contributed by atoms with van der Waals surface area (Å²) in [5.41, 5.74) is 5.16. The van der Waals surface area contributed by atoms with E-state index < -0.39 is 6.10 Å². The van der Waals surface area contributed by atoms with E-state index in [9.17, 15) is 20.1 Å². The van der Waals surface area contributed by atoms with Crippen LogP contribution in [-0.2, 0) is 18.3 Å². The zero-order chi connectivity index (χ0) is 33.5. The zero-order valence-electron chi connectivity index (χ0n) is 27.5. The van der Waals surface area contributed by atoms with Crippen molar-refractivity contribution in [2.24, 2.45) is 0 Å². The van der Waals surface area contributed by atoms with Crippen molar-refractivity contribution in [3.8, 4) is 17.2 Å². The van der Waals surface area contributed by atoms with Gasteiger partial charge in [0.15, 0.2) is 0 Å². The van der Waals surface area contributed by atoms with Gasteiger partial charge in [0.05, 0.1) is 18.2 Å². The Bertz CT molecular complexity index is 1860. The molecule has 1 fully saturated rings. The van der Waals surface area contributed by atoms with Gasteiger partial charge in [-0.1, -0.05) is 60.7 Å². The number of fused-ring (bicyclic) bond motifs is 1. The van der Waals surface area contributed by atoms with Gasteiger partial charge in [-0.3, -0.25) is 4.79 Å². The van der Waals surface area contributed by atoms with Crippen LogP contribution in [0.5, 0.6) is 17.2 Å². The Labute approximate surface area is 281 Å². The van der Waals surface area contributed by atoms with E-state index in [1.54, 1.807) is 12.1 Å². The van der Waals surface area contributed by atoms with Gasteiger partial charge in [-0.2, -0.15) is 0 Å². The standard InChI is InChI=1S/C40H45N3O5/c1-43-23-20-40(21-24-43,30-7-3-2-4-8-30)34-26-29(11-16-35(34)44)6-5-25-48-31-12-9-28(10-13-31)19-22-41-27-37(46)32-14-17-36(45)39-33(32)15-18-38(47)42-39/h2-4,7-18,26,37,41,44-46H,5-6,19-25,27H2,1H3,(H,42,47)/t37-/m0/s1. The quantitative estimate of drug-likeness (QED) is 0.102. The zero-order valence-corrected chi connectivity index (χ0v) is 27.5. The number of aromatic nitrogens is 1. The van der Waals surface area contributed by atoms with Crippen molar-refractivity contribution in [1.29, 1.82) is 0 Å². The van der Waals surface area contributed by atoms with Gasteiger partial charge in [0.1, 0.15) is 17.2 Å². The average Bonchev–Trinajstić information content (AvgIpc) is 3.11. The van der Waals surface area contributed by atoms with Gasteiger partial charge >= 0.3 is 0 Å². The van der Waals surface area contributed by atoms with Gasteiger partial charge in [-0.15, -0.1) is 0 Å². The molecule has 48 heavy (non-hydrogen) atoms. The smallest absolute Gasteiger partial charge is 0.248 e. The molecule has 8 heteroatoms. The first-order chi connectivity index (χ1) is 23.3. The van der Waals surface area contributed by atoms with Crippen molar-refractivity contribution in [3.05, 3.63) is 135 Å². The van der Waals surface area contributed by atoms with Crippen LogP contribution in [-0.4, -0.2) is 65.0 Å². The van der Waals surface area contributed by atoms with Gasteiger partial charge < -0.3 is 35.3 Å². The maximum atomic E-state index is 11.7. The predicted octanol–water partition coefficient (Wildman–Crippen LogP) is 5.83. The van der Waals surface area contributed by atoms with Crippen LogP contribution in [0.3, 0.4) is 0 Å². The second-order valence-electron chi connectivity index (χ2n) is 13.0. The highest BCUT2D eigenvalue weighted by molar-refractivity contribution is 5.87. The van der Waals surface area contributed by atoms with Crippen LogP contribution in [0, 0.1) is 0 Å². The summed E-state index contributed by atoms with van der Waals surface area (Å²) >= 11 is 0. The molecule has 0 spiro atoms. The van der Waals surface area contributed by atoms with Crippen LogP contribution < -0.4 is 15.6 Å². The number of rotatable bonds is 13. The third kappa shape index (κ3) is 7.57. The maximum Gasteiger partial charge on any atom is 0.248 e. The van der Waals surface area contributed by atoms with E-state index in [1.807, 2.05) is 24.3 Å². The molecule has 6 rings (SSSR count). The summed E-state index contributed by atoms with van der Waals surface area (Å²) in [5.74, 6) is 1.19. The summed E-state index contributed by atoms with van der Waals surface area (Å²) in [6.07, 6.45) is 3.69. The Morgan fingerprint density at radius 2 is 1.60 bits per heavy atom. The fourth-order valence-electron chi connectivity index (χ4n) is 6.94. The lowest BCUT2D eigenvalue weighted by Crippen LogP contribution is -2.41. The van der Waals surface area contributed by atoms with Crippen LogP contribution in [0.15, 0.2) is 102 Å². The topological polar surface area (TPSA) is 118 Å². The number of piperidine rings is 1. The minimum Gasteiger partial charge on any atom is -0.508 e.